The number of aryl methyl sites for hydroxylation is 2. The Bertz CT molecular complexity index is 1070. The topological polar surface area (TPSA) is 115 Å². The van der Waals surface area contributed by atoms with Gasteiger partial charge >= 0.3 is 0 Å². The molecular formula is C18H17N3O4S. The minimum Gasteiger partial charge on any atom is -0.497 e. The third-order valence-corrected chi connectivity index (χ3v) is 5.26. The first kappa shape index (κ1) is 17.8. The van der Waals surface area contributed by atoms with Gasteiger partial charge in [-0.05, 0) is 36.6 Å². The highest BCUT2D eigenvalue weighted by atomic mass is 32.1. The first-order chi connectivity index (χ1) is 12.4. The van der Waals surface area contributed by atoms with Crippen LogP contribution in [0.5, 0.6) is 5.75 Å². The van der Waals surface area contributed by atoms with Crippen LogP contribution in [0.1, 0.15) is 37.8 Å². The van der Waals surface area contributed by atoms with Crippen molar-refractivity contribution in [1.82, 2.24) is 9.97 Å². The van der Waals surface area contributed by atoms with Crippen molar-refractivity contribution in [2.75, 3.05) is 7.11 Å². The Morgan fingerprint density at radius 1 is 1.35 bits per heavy atom. The molecular weight excluding hydrogens is 354 g/mol. The van der Waals surface area contributed by atoms with Gasteiger partial charge in [-0.25, -0.2) is 4.98 Å². The Morgan fingerprint density at radius 3 is 2.81 bits per heavy atom. The summed E-state index contributed by atoms with van der Waals surface area (Å²) in [6.07, 6.45) is 0.683. The Labute approximate surface area is 152 Å². The van der Waals surface area contributed by atoms with Crippen molar-refractivity contribution in [2.24, 2.45) is 5.73 Å². The van der Waals surface area contributed by atoms with E-state index in [1.54, 1.807) is 14.0 Å². The number of carbonyl (C=O) groups is 2. The zero-order valence-corrected chi connectivity index (χ0v) is 15.1. The molecule has 0 aliphatic heterocycles. The maximum Gasteiger partial charge on any atom is 0.260 e. The van der Waals surface area contributed by atoms with Gasteiger partial charge < -0.3 is 15.5 Å². The number of aromatic nitrogens is 2. The molecule has 1 aromatic carbocycles. The predicted molar refractivity (Wildman–Crippen MR) is 99.1 cm³/mol. The number of benzene rings is 1. The molecule has 0 unspecified atom stereocenters. The van der Waals surface area contributed by atoms with Gasteiger partial charge in [-0.2, -0.15) is 0 Å². The molecule has 1 amide bonds. The van der Waals surface area contributed by atoms with E-state index >= 15 is 0 Å². The first-order valence-electron chi connectivity index (χ1n) is 7.90. The number of Topliss-reactive ketones (excluding diaryl/α,β-unsaturated/α-hetero) is 1. The molecule has 26 heavy (non-hydrogen) atoms. The number of hydrogen-bond donors (Lipinski definition) is 2. The normalized spacial score (nSPS) is 10.8. The predicted octanol–water partition coefficient (Wildman–Crippen LogP) is 2.22. The molecule has 134 valence electrons. The molecule has 7 nitrogen and oxygen atoms in total. The Morgan fingerprint density at radius 2 is 2.12 bits per heavy atom. The van der Waals surface area contributed by atoms with Crippen molar-refractivity contribution in [3.05, 3.63) is 56.4 Å². The Balaban J connectivity index is 1.86. The third-order valence-electron chi connectivity index (χ3n) is 4.06. The lowest BCUT2D eigenvalue weighted by Gasteiger charge is -2.04. The van der Waals surface area contributed by atoms with Gasteiger partial charge in [0.15, 0.2) is 11.6 Å². The molecule has 0 aliphatic carbocycles. The second-order valence-electron chi connectivity index (χ2n) is 5.79. The SMILES string of the molecule is COc1cccc(CCC(=O)c2nc3sc(C(N)=O)c(C)c3c(=O)[nH]2)c1. The highest BCUT2D eigenvalue weighted by Gasteiger charge is 2.19. The fraction of sp³-hybridized carbons (Fsp3) is 0.222. The van der Waals surface area contributed by atoms with Gasteiger partial charge in [0, 0.05) is 6.42 Å². The maximum absolute atomic E-state index is 12.4. The number of methoxy groups -OCH3 is 1. The summed E-state index contributed by atoms with van der Waals surface area (Å²) in [6.45, 7) is 1.64. The van der Waals surface area contributed by atoms with Crippen molar-refractivity contribution >= 4 is 33.2 Å². The van der Waals surface area contributed by atoms with Crippen molar-refractivity contribution in [3.63, 3.8) is 0 Å². The van der Waals surface area contributed by atoms with Crippen LogP contribution >= 0.6 is 11.3 Å². The van der Waals surface area contributed by atoms with E-state index in [-0.39, 0.29) is 22.9 Å². The second-order valence-corrected chi connectivity index (χ2v) is 6.79. The van der Waals surface area contributed by atoms with Gasteiger partial charge in [0.25, 0.3) is 11.5 Å². The van der Waals surface area contributed by atoms with Crippen LogP contribution in [0, 0.1) is 6.92 Å². The van der Waals surface area contributed by atoms with Gasteiger partial charge in [0.05, 0.1) is 17.4 Å². The van der Waals surface area contributed by atoms with E-state index in [2.05, 4.69) is 9.97 Å². The summed E-state index contributed by atoms with van der Waals surface area (Å²) in [4.78, 5) is 43.6. The number of aromatic amines is 1. The zero-order valence-electron chi connectivity index (χ0n) is 14.3. The number of thiophene rings is 1. The van der Waals surface area contributed by atoms with Gasteiger partial charge in [0.1, 0.15) is 10.6 Å². The van der Waals surface area contributed by atoms with Crippen LogP contribution in [-0.2, 0) is 6.42 Å². The lowest BCUT2D eigenvalue weighted by Crippen LogP contribution is -2.16. The molecule has 3 N–H and O–H groups in total. The van der Waals surface area contributed by atoms with Gasteiger partial charge in [-0.15, -0.1) is 11.3 Å². The summed E-state index contributed by atoms with van der Waals surface area (Å²) >= 11 is 1.02. The molecule has 2 aromatic heterocycles. The number of nitrogens with two attached hydrogens (primary N) is 1. The standard InChI is InChI=1S/C18H17N3O4S/c1-9-13-17(24)20-16(21-18(13)26-14(9)15(19)23)12(22)7-6-10-4-3-5-11(8-10)25-2/h3-5,8H,6-7H2,1-2H3,(H2,19,23)(H,20,21,24). The highest BCUT2D eigenvalue weighted by Crippen LogP contribution is 2.26. The Hall–Kier alpha value is -3.00. The number of nitrogens with zero attached hydrogens (tertiary/aromatic N) is 1. The van der Waals surface area contributed by atoms with Crippen LogP contribution in [0.3, 0.4) is 0 Å². The molecule has 0 spiro atoms. The number of H-pyrrole nitrogens is 1. The van der Waals surface area contributed by atoms with Crippen molar-refractivity contribution in [1.29, 1.82) is 0 Å². The number of carbonyl (C=O) groups excluding carboxylic acids is 2. The molecule has 8 heteroatoms. The average Bonchev–Trinajstić information content (AvgIpc) is 2.97. The van der Waals surface area contributed by atoms with Crippen LogP contribution in [0.4, 0.5) is 0 Å². The van der Waals surface area contributed by atoms with Gasteiger partial charge in [-0.1, -0.05) is 12.1 Å². The van der Waals surface area contributed by atoms with E-state index in [1.807, 2.05) is 24.3 Å². The zero-order chi connectivity index (χ0) is 18.8. The fourth-order valence-corrected chi connectivity index (χ4v) is 3.75. The average molecular weight is 371 g/mol. The summed E-state index contributed by atoms with van der Waals surface area (Å²) in [7, 11) is 1.58. The quantitative estimate of drug-likeness (QED) is 0.645. The van der Waals surface area contributed by atoms with Gasteiger partial charge in [0.2, 0.25) is 0 Å². The lowest BCUT2D eigenvalue weighted by molar-refractivity contribution is 0.0971. The van der Waals surface area contributed by atoms with E-state index in [9.17, 15) is 14.4 Å². The monoisotopic (exact) mass is 371 g/mol. The van der Waals surface area contributed by atoms with Gasteiger partial charge in [-0.3, -0.25) is 14.4 Å². The first-order valence-corrected chi connectivity index (χ1v) is 8.71. The summed E-state index contributed by atoms with van der Waals surface area (Å²) < 4.78 is 5.16. The van der Waals surface area contributed by atoms with Crippen molar-refractivity contribution < 1.29 is 14.3 Å². The summed E-state index contributed by atoms with van der Waals surface area (Å²) in [5.74, 6) is -0.187. The van der Waals surface area contributed by atoms with E-state index in [4.69, 9.17) is 10.5 Å². The number of amides is 1. The van der Waals surface area contributed by atoms with Crippen molar-refractivity contribution in [3.8, 4) is 5.75 Å². The number of fused-ring (bicyclic) bond motifs is 1. The van der Waals surface area contributed by atoms with Crippen LogP contribution < -0.4 is 16.0 Å². The minimum absolute atomic E-state index is 0.0114. The summed E-state index contributed by atoms with van der Waals surface area (Å²) in [5.41, 5.74) is 6.31. The minimum atomic E-state index is -0.615. The largest absolute Gasteiger partial charge is 0.497 e. The smallest absolute Gasteiger partial charge is 0.260 e. The number of rotatable bonds is 6. The number of hydrogen-bond acceptors (Lipinski definition) is 6. The summed E-state index contributed by atoms with van der Waals surface area (Å²) in [6, 6.07) is 7.43. The fourth-order valence-electron chi connectivity index (χ4n) is 2.72. The molecule has 0 radical (unpaired) electrons. The number of ether oxygens (including phenoxy) is 1. The molecule has 3 aromatic rings. The van der Waals surface area contributed by atoms with Crippen molar-refractivity contribution in [2.45, 2.75) is 19.8 Å². The highest BCUT2D eigenvalue weighted by molar-refractivity contribution is 7.20. The molecule has 0 saturated carbocycles. The van der Waals surface area contributed by atoms with E-state index in [0.29, 0.717) is 22.2 Å². The third kappa shape index (κ3) is 3.36. The maximum atomic E-state index is 12.4. The molecule has 0 aliphatic rings. The Kier molecular flexibility index (Phi) is 4.85. The molecule has 0 atom stereocenters. The van der Waals surface area contributed by atoms with E-state index in [0.717, 1.165) is 22.6 Å². The summed E-state index contributed by atoms with van der Waals surface area (Å²) in [5, 5.41) is 0.299. The molecule has 0 saturated heterocycles. The molecule has 0 bridgehead atoms. The second kappa shape index (κ2) is 7.09. The molecule has 3 rings (SSSR count). The van der Waals surface area contributed by atoms with Crippen LogP contribution in [0.15, 0.2) is 29.1 Å². The number of ketones is 1. The van der Waals surface area contributed by atoms with E-state index < -0.39 is 11.5 Å². The lowest BCUT2D eigenvalue weighted by atomic mass is 10.1. The number of nitrogens with one attached hydrogen (secondary N) is 1. The number of primary amides is 1. The molecule has 0 fully saturated rings. The van der Waals surface area contributed by atoms with Crippen LogP contribution in [-0.4, -0.2) is 28.8 Å². The van der Waals surface area contributed by atoms with Crippen LogP contribution in [0.2, 0.25) is 0 Å². The van der Waals surface area contributed by atoms with E-state index in [1.165, 1.54) is 0 Å². The van der Waals surface area contributed by atoms with Crippen LogP contribution in [0.25, 0.3) is 10.2 Å². The molecule has 2 heterocycles.